The fraction of sp³-hybridized carbons (Fsp3) is 0.267. The molecule has 1 amide bonds. The van der Waals surface area contributed by atoms with Gasteiger partial charge in [-0.05, 0) is 30.0 Å². The summed E-state index contributed by atoms with van der Waals surface area (Å²) in [6.07, 6.45) is 0.493. The largest absolute Gasteiger partial charge is 0.337 e. The summed E-state index contributed by atoms with van der Waals surface area (Å²) in [6, 6.07) is 10.2. The molecular formula is C15H15NO3S2. The van der Waals surface area contributed by atoms with Crippen molar-refractivity contribution < 1.29 is 13.2 Å². The third-order valence-corrected chi connectivity index (χ3v) is 6.59. The van der Waals surface area contributed by atoms with Crippen molar-refractivity contribution in [3.05, 3.63) is 52.7 Å². The molecule has 0 aliphatic carbocycles. The van der Waals surface area contributed by atoms with Crippen LogP contribution >= 0.6 is 11.3 Å². The fourth-order valence-corrected chi connectivity index (χ4v) is 4.88. The van der Waals surface area contributed by atoms with Gasteiger partial charge in [-0.3, -0.25) is 4.79 Å². The number of likely N-dealkylation sites (tertiary alicyclic amines) is 1. The topological polar surface area (TPSA) is 54.5 Å². The summed E-state index contributed by atoms with van der Waals surface area (Å²) in [5, 5.41) is 3.13. The smallest absolute Gasteiger partial charge is 0.254 e. The number of hydrogen-bond acceptors (Lipinski definition) is 4. The van der Waals surface area contributed by atoms with Gasteiger partial charge in [-0.1, -0.05) is 18.2 Å². The van der Waals surface area contributed by atoms with Crippen LogP contribution in [0.5, 0.6) is 0 Å². The van der Waals surface area contributed by atoms with Gasteiger partial charge in [0.15, 0.2) is 9.84 Å². The molecule has 0 bridgehead atoms. The van der Waals surface area contributed by atoms with Gasteiger partial charge in [0.2, 0.25) is 0 Å². The van der Waals surface area contributed by atoms with Gasteiger partial charge in [-0.2, -0.15) is 11.3 Å². The summed E-state index contributed by atoms with van der Waals surface area (Å²) >= 11 is 1.46. The molecule has 2 heterocycles. The molecule has 0 N–H and O–H groups in total. The molecular weight excluding hydrogens is 306 g/mol. The predicted octanol–water partition coefficient (Wildman–Crippen LogP) is 2.44. The number of sulfone groups is 1. The molecule has 2 aromatic rings. The molecule has 110 valence electrons. The van der Waals surface area contributed by atoms with Crippen LogP contribution in [0.4, 0.5) is 0 Å². The van der Waals surface area contributed by atoms with Crippen LogP contribution < -0.4 is 0 Å². The van der Waals surface area contributed by atoms with E-state index < -0.39 is 15.1 Å². The van der Waals surface area contributed by atoms with E-state index in [1.807, 2.05) is 5.38 Å². The van der Waals surface area contributed by atoms with Crippen LogP contribution in [0.1, 0.15) is 16.8 Å². The summed E-state index contributed by atoms with van der Waals surface area (Å²) < 4.78 is 25.1. The van der Waals surface area contributed by atoms with Crippen molar-refractivity contribution in [2.45, 2.75) is 16.6 Å². The first-order valence-electron chi connectivity index (χ1n) is 6.69. The summed E-state index contributed by atoms with van der Waals surface area (Å²) in [4.78, 5) is 14.2. The second-order valence-corrected chi connectivity index (χ2v) is 8.04. The van der Waals surface area contributed by atoms with Gasteiger partial charge in [0.25, 0.3) is 5.91 Å². The molecule has 0 radical (unpaired) electrons. The molecule has 1 saturated heterocycles. The molecule has 1 aliphatic heterocycles. The minimum Gasteiger partial charge on any atom is -0.337 e. The molecule has 1 aliphatic rings. The van der Waals surface area contributed by atoms with Crippen LogP contribution in [0.25, 0.3) is 0 Å². The third kappa shape index (κ3) is 2.73. The van der Waals surface area contributed by atoms with E-state index in [1.165, 1.54) is 11.3 Å². The van der Waals surface area contributed by atoms with Crippen molar-refractivity contribution in [2.24, 2.45) is 0 Å². The number of nitrogens with zero attached hydrogens (tertiary/aromatic N) is 1. The van der Waals surface area contributed by atoms with E-state index in [9.17, 15) is 13.2 Å². The first-order valence-corrected chi connectivity index (χ1v) is 9.18. The molecule has 0 unspecified atom stereocenters. The fourth-order valence-electron chi connectivity index (χ4n) is 2.54. The summed E-state index contributed by atoms with van der Waals surface area (Å²) in [5.74, 6) is -0.0815. The van der Waals surface area contributed by atoms with Crippen LogP contribution in [-0.2, 0) is 9.84 Å². The van der Waals surface area contributed by atoms with E-state index in [4.69, 9.17) is 0 Å². The SMILES string of the molecule is O=C(c1ccsc1)N1CC[C@H](S(=O)(=O)c2ccccc2)C1. The van der Waals surface area contributed by atoms with Crippen LogP contribution in [-0.4, -0.2) is 37.6 Å². The van der Waals surface area contributed by atoms with Crippen molar-refractivity contribution in [1.29, 1.82) is 0 Å². The van der Waals surface area contributed by atoms with E-state index in [0.717, 1.165) is 0 Å². The van der Waals surface area contributed by atoms with E-state index >= 15 is 0 Å². The molecule has 0 spiro atoms. The standard InChI is InChI=1S/C15H15NO3S2/c17-15(12-7-9-20-11-12)16-8-6-14(10-16)21(18,19)13-4-2-1-3-5-13/h1-5,7,9,11,14H,6,8,10H2/t14-/m0/s1. The maximum absolute atomic E-state index is 12.6. The number of thiophene rings is 1. The summed E-state index contributed by atoms with van der Waals surface area (Å²) in [6.45, 7) is 0.761. The van der Waals surface area contributed by atoms with Gasteiger partial charge in [0.1, 0.15) is 0 Å². The van der Waals surface area contributed by atoms with Crippen molar-refractivity contribution in [1.82, 2.24) is 4.90 Å². The molecule has 1 atom stereocenters. The first kappa shape index (κ1) is 14.3. The molecule has 21 heavy (non-hydrogen) atoms. The first-order chi connectivity index (χ1) is 10.1. The van der Waals surface area contributed by atoms with Crippen LogP contribution in [0, 0.1) is 0 Å². The summed E-state index contributed by atoms with van der Waals surface area (Å²) in [7, 11) is -3.37. The zero-order valence-electron chi connectivity index (χ0n) is 11.3. The van der Waals surface area contributed by atoms with E-state index in [-0.39, 0.29) is 12.5 Å². The minimum atomic E-state index is -3.37. The Balaban J connectivity index is 1.77. The van der Waals surface area contributed by atoms with Gasteiger partial charge in [-0.25, -0.2) is 8.42 Å². The number of hydrogen-bond donors (Lipinski definition) is 0. The number of carbonyl (C=O) groups is 1. The molecule has 1 aromatic carbocycles. The van der Waals surface area contributed by atoms with Crippen molar-refractivity contribution >= 4 is 27.1 Å². The zero-order chi connectivity index (χ0) is 14.9. The van der Waals surface area contributed by atoms with Crippen molar-refractivity contribution in [2.75, 3.05) is 13.1 Å². The molecule has 6 heteroatoms. The lowest BCUT2D eigenvalue weighted by Crippen LogP contribution is -2.31. The maximum atomic E-state index is 12.6. The monoisotopic (exact) mass is 321 g/mol. The van der Waals surface area contributed by atoms with Crippen LogP contribution in [0.3, 0.4) is 0 Å². The Labute approximate surface area is 127 Å². The average Bonchev–Trinajstić information content (AvgIpc) is 3.19. The highest BCUT2D eigenvalue weighted by Crippen LogP contribution is 2.25. The Morgan fingerprint density at radius 1 is 1.19 bits per heavy atom. The Bertz CT molecular complexity index is 724. The molecule has 1 fully saturated rings. The highest BCUT2D eigenvalue weighted by atomic mass is 32.2. The average molecular weight is 321 g/mol. The van der Waals surface area contributed by atoms with Gasteiger partial charge in [0, 0.05) is 18.5 Å². The number of benzene rings is 1. The van der Waals surface area contributed by atoms with E-state index in [1.54, 1.807) is 46.7 Å². The lowest BCUT2D eigenvalue weighted by Gasteiger charge is -2.16. The number of carbonyl (C=O) groups excluding carboxylic acids is 1. The van der Waals surface area contributed by atoms with Gasteiger partial charge >= 0.3 is 0 Å². The zero-order valence-corrected chi connectivity index (χ0v) is 12.9. The van der Waals surface area contributed by atoms with Crippen molar-refractivity contribution in [3.63, 3.8) is 0 Å². The number of rotatable bonds is 3. The highest BCUT2D eigenvalue weighted by molar-refractivity contribution is 7.92. The lowest BCUT2D eigenvalue weighted by atomic mass is 10.3. The van der Waals surface area contributed by atoms with E-state index in [2.05, 4.69) is 0 Å². The molecule has 3 rings (SSSR count). The minimum absolute atomic E-state index is 0.0815. The summed E-state index contributed by atoms with van der Waals surface area (Å²) in [5.41, 5.74) is 0.637. The van der Waals surface area contributed by atoms with Gasteiger partial charge < -0.3 is 4.90 Å². The van der Waals surface area contributed by atoms with Gasteiger partial charge in [-0.15, -0.1) is 0 Å². The normalized spacial score (nSPS) is 18.9. The van der Waals surface area contributed by atoms with Gasteiger partial charge in [0.05, 0.1) is 15.7 Å². The van der Waals surface area contributed by atoms with Crippen LogP contribution in [0.2, 0.25) is 0 Å². The number of amides is 1. The second kappa shape index (κ2) is 5.61. The molecule has 4 nitrogen and oxygen atoms in total. The highest BCUT2D eigenvalue weighted by Gasteiger charge is 2.36. The Kier molecular flexibility index (Phi) is 3.82. The Morgan fingerprint density at radius 2 is 1.95 bits per heavy atom. The quantitative estimate of drug-likeness (QED) is 0.872. The van der Waals surface area contributed by atoms with Crippen molar-refractivity contribution in [3.8, 4) is 0 Å². The third-order valence-electron chi connectivity index (χ3n) is 3.71. The van der Waals surface area contributed by atoms with E-state index in [0.29, 0.717) is 23.4 Å². The lowest BCUT2D eigenvalue weighted by molar-refractivity contribution is 0.0793. The second-order valence-electron chi connectivity index (χ2n) is 5.03. The Morgan fingerprint density at radius 3 is 2.62 bits per heavy atom. The molecule has 1 aromatic heterocycles. The molecule has 0 saturated carbocycles. The maximum Gasteiger partial charge on any atom is 0.254 e. The Hall–Kier alpha value is -1.66. The predicted molar refractivity (Wildman–Crippen MR) is 82.3 cm³/mol. The van der Waals surface area contributed by atoms with Crippen LogP contribution in [0.15, 0.2) is 52.1 Å².